The summed E-state index contributed by atoms with van der Waals surface area (Å²) in [6, 6.07) is 12.7. The topological polar surface area (TPSA) is 79.5 Å². The average Bonchev–Trinajstić information content (AvgIpc) is 2.65. The van der Waals surface area contributed by atoms with Crippen LogP contribution in [-0.2, 0) is 11.2 Å². The Kier molecular flexibility index (Phi) is 7.04. The van der Waals surface area contributed by atoms with Crippen LogP contribution < -0.4 is 9.47 Å². The third-order valence-corrected chi connectivity index (χ3v) is 3.92. The van der Waals surface area contributed by atoms with Crippen LogP contribution in [0.2, 0.25) is 5.02 Å². The summed E-state index contributed by atoms with van der Waals surface area (Å²) in [4.78, 5) is 10.8. The van der Waals surface area contributed by atoms with E-state index in [0.29, 0.717) is 34.1 Å². The van der Waals surface area contributed by atoms with E-state index in [2.05, 4.69) is 12.6 Å². The van der Waals surface area contributed by atoms with Gasteiger partial charge in [0.2, 0.25) is 0 Å². The minimum atomic E-state index is -1.08. The standard InChI is InChI=1S/C21H18ClNO4/c1-3-4-16-9-14(11-19(26-2)21(16)27-13-20(24)25)10-17(12-23)15-5-7-18(22)8-6-15/h3,5-11H,1,4,13H2,2H3,(H,24,25)/b17-10-. The van der Waals surface area contributed by atoms with Crippen molar-refractivity contribution in [1.82, 2.24) is 0 Å². The van der Waals surface area contributed by atoms with E-state index in [4.69, 9.17) is 26.2 Å². The highest BCUT2D eigenvalue weighted by Crippen LogP contribution is 2.35. The number of hydrogen-bond acceptors (Lipinski definition) is 4. The number of nitriles is 1. The summed E-state index contributed by atoms with van der Waals surface area (Å²) < 4.78 is 10.7. The van der Waals surface area contributed by atoms with Gasteiger partial charge in [-0.05, 0) is 47.9 Å². The fourth-order valence-corrected chi connectivity index (χ4v) is 2.63. The van der Waals surface area contributed by atoms with Crippen LogP contribution in [0.5, 0.6) is 11.5 Å². The number of hydrogen-bond donors (Lipinski definition) is 1. The molecule has 2 aromatic carbocycles. The smallest absolute Gasteiger partial charge is 0.341 e. The van der Waals surface area contributed by atoms with E-state index < -0.39 is 12.6 Å². The Morgan fingerprint density at radius 2 is 2.04 bits per heavy atom. The number of nitrogens with zero attached hydrogens (tertiary/aromatic N) is 1. The lowest BCUT2D eigenvalue weighted by molar-refractivity contribution is -0.139. The van der Waals surface area contributed by atoms with E-state index in [1.165, 1.54) is 7.11 Å². The molecule has 0 atom stereocenters. The van der Waals surface area contributed by atoms with Crippen molar-refractivity contribution in [3.8, 4) is 17.6 Å². The molecule has 0 aromatic heterocycles. The molecule has 2 rings (SSSR count). The highest BCUT2D eigenvalue weighted by Gasteiger charge is 2.14. The van der Waals surface area contributed by atoms with E-state index in [-0.39, 0.29) is 0 Å². The number of carbonyl (C=O) groups is 1. The molecule has 0 saturated heterocycles. The Labute approximate surface area is 162 Å². The third kappa shape index (κ3) is 5.37. The first kappa shape index (κ1) is 20.1. The Morgan fingerprint density at radius 1 is 1.33 bits per heavy atom. The molecule has 0 saturated carbocycles. The number of carboxylic acid groups (broad SMARTS) is 1. The molecule has 0 radical (unpaired) electrons. The van der Waals surface area contributed by atoms with Crippen molar-refractivity contribution < 1.29 is 19.4 Å². The number of carboxylic acids is 1. The Bertz CT molecular complexity index is 911. The first-order chi connectivity index (χ1) is 13.0. The molecule has 1 N–H and O–H groups in total. The molecule has 5 nitrogen and oxygen atoms in total. The van der Waals surface area contributed by atoms with Crippen LogP contribution in [0.1, 0.15) is 16.7 Å². The number of benzene rings is 2. The molecule has 0 aliphatic rings. The van der Waals surface area contributed by atoms with Crippen molar-refractivity contribution in [3.05, 3.63) is 70.8 Å². The van der Waals surface area contributed by atoms with Crippen LogP contribution in [0, 0.1) is 11.3 Å². The normalized spacial score (nSPS) is 10.8. The van der Waals surface area contributed by atoms with Gasteiger partial charge in [0.05, 0.1) is 18.8 Å². The van der Waals surface area contributed by atoms with Crippen LogP contribution in [0.4, 0.5) is 0 Å². The van der Waals surface area contributed by atoms with Gasteiger partial charge in [-0.15, -0.1) is 6.58 Å². The van der Waals surface area contributed by atoms with Crippen molar-refractivity contribution in [2.75, 3.05) is 13.7 Å². The summed E-state index contributed by atoms with van der Waals surface area (Å²) in [6.07, 6.45) is 3.86. The van der Waals surface area contributed by atoms with Crippen LogP contribution in [0.3, 0.4) is 0 Å². The van der Waals surface area contributed by atoms with Gasteiger partial charge in [-0.1, -0.05) is 29.8 Å². The number of ether oxygens (including phenoxy) is 2. The minimum Gasteiger partial charge on any atom is -0.493 e. The van der Waals surface area contributed by atoms with Gasteiger partial charge in [-0.2, -0.15) is 5.26 Å². The third-order valence-electron chi connectivity index (χ3n) is 3.66. The van der Waals surface area contributed by atoms with Crippen molar-refractivity contribution in [2.45, 2.75) is 6.42 Å². The van der Waals surface area contributed by atoms with E-state index in [1.54, 1.807) is 42.5 Å². The zero-order valence-electron chi connectivity index (χ0n) is 14.7. The van der Waals surface area contributed by atoms with E-state index >= 15 is 0 Å². The number of methoxy groups -OCH3 is 1. The second-order valence-corrected chi connectivity index (χ2v) is 6.00. The lowest BCUT2D eigenvalue weighted by atomic mass is 10.0. The van der Waals surface area contributed by atoms with Gasteiger partial charge >= 0.3 is 5.97 Å². The fraction of sp³-hybridized carbons (Fsp3) is 0.143. The maximum atomic E-state index is 10.8. The van der Waals surface area contributed by atoms with Gasteiger partial charge in [0.15, 0.2) is 18.1 Å². The van der Waals surface area contributed by atoms with Gasteiger partial charge in [0, 0.05) is 10.6 Å². The number of aliphatic carboxylic acids is 1. The Balaban J connectivity index is 2.51. The molecule has 0 bridgehead atoms. The molecular weight excluding hydrogens is 366 g/mol. The SMILES string of the molecule is C=CCc1cc(/C=C(/C#N)c2ccc(Cl)cc2)cc(OC)c1OCC(=O)O. The Morgan fingerprint density at radius 3 is 2.59 bits per heavy atom. The van der Waals surface area contributed by atoms with Crippen LogP contribution in [-0.4, -0.2) is 24.8 Å². The van der Waals surface area contributed by atoms with E-state index in [0.717, 1.165) is 11.1 Å². The summed E-state index contributed by atoms with van der Waals surface area (Å²) >= 11 is 5.90. The zero-order valence-corrected chi connectivity index (χ0v) is 15.5. The lowest BCUT2D eigenvalue weighted by Crippen LogP contribution is -2.11. The van der Waals surface area contributed by atoms with E-state index in [9.17, 15) is 10.1 Å². The molecule has 0 amide bonds. The highest BCUT2D eigenvalue weighted by atomic mass is 35.5. The predicted molar refractivity (Wildman–Crippen MR) is 105 cm³/mol. The maximum Gasteiger partial charge on any atom is 0.341 e. The zero-order chi connectivity index (χ0) is 19.8. The maximum absolute atomic E-state index is 10.8. The summed E-state index contributed by atoms with van der Waals surface area (Å²) in [5.41, 5.74) is 2.62. The average molecular weight is 384 g/mol. The molecule has 27 heavy (non-hydrogen) atoms. The molecule has 0 aliphatic heterocycles. The van der Waals surface area contributed by atoms with Crippen LogP contribution >= 0.6 is 11.6 Å². The molecule has 0 spiro atoms. The first-order valence-electron chi connectivity index (χ1n) is 8.02. The molecule has 0 heterocycles. The molecule has 0 aliphatic carbocycles. The highest BCUT2D eigenvalue weighted by molar-refractivity contribution is 6.30. The number of halogens is 1. The molecule has 2 aromatic rings. The molecule has 0 fully saturated rings. The fourth-order valence-electron chi connectivity index (χ4n) is 2.50. The monoisotopic (exact) mass is 383 g/mol. The van der Waals surface area contributed by atoms with Gasteiger partial charge in [0.1, 0.15) is 0 Å². The summed E-state index contributed by atoms with van der Waals surface area (Å²) in [7, 11) is 1.47. The van der Waals surface area contributed by atoms with Gasteiger partial charge in [-0.3, -0.25) is 0 Å². The van der Waals surface area contributed by atoms with Gasteiger partial charge in [-0.25, -0.2) is 4.79 Å². The van der Waals surface area contributed by atoms with Crippen molar-refractivity contribution >= 4 is 29.2 Å². The Hall–Kier alpha value is -3.23. The largest absolute Gasteiger partial charge is 0.493 e. The number of rotatable bonds is 8. The molecular formula is C21H18ClNO4. The molecule has 138 valence electrons. The van der Waals surface area contributed by atoms with Crippen molar-refractivity contribution in [1.29, 1.82) is 5.26 Å². The lowest BCUT2D eigenvalue weighted by Gasteiger charge is -2.15. The first-order valence-corrected chi connectivity index (χ1v) is 8.40. The predicted octanol–water partition coefficient (Wildman–Crippen LogP) is 4.60. The second kappa shape index (κ2) is 9.46. The van der Waals surface area contributed by atoms with Gasteiger partial charge < -0.3 is 14.6 Å². The van der Waals surface area contributed by atoms with Crippen molar-refractivity contribution in [2.24, 2.45) is 0 Å². The second-order valence-electron chi connectivity index (χ2n) is 5.56. The quantitative estimate of drug-likeness (QED) is 0.409. The summed E-state index contributed by atoms with van der Waals surface area (Å²) in [5, 5.41) is 19.0. The van der Waals surface area contributed by atoms with Gasteiger partial charge in [0.25, 0.3) is 0 Å². The molecule has 6 heteroatoms. The van der Waals surface area contributed by atoms with Crippen molar-refractivity contribution in [3.63, 3.8) is 0 Å². The molecule has 0 unspecified atom stereocenters. The summed E-state index contributed by atoms with van der Waals surface area (Å²) in [6.45, 7) is 3.24. The van der Waals surface area contributed by atoms with E-state index in [1.807, 2.05) is 6.07 Å². The summed E-state index contributed by atoms with van der Waals surface area (Å²) in [5.74, 6) is -0.350. The number of allylic oxidation sites excluding steroid dienone is 2. The van der Waals surface area contributed by atoms with Crippen LogP contribution in [0.25, 0.3) is 11.6 Å². The minimum absolute atomic E-state index is 0.349. The van der Waals surface area contributed by atoms with Crippen LogP contribution in [0.15, 0.2) is 49.1 Å².